The van der Waals surface area contributed by atoms with Gasteiger partial charge in [0.2, 0.25) is 11.8 Å². The lowest BCUT2D eigenvalue weighted by Crippen LogP contribution is -2.68. The number of carbonyl (C=O) groups is 3. The van der Waals surface area contributed by atoms with E-state index in [-0.39, 0.29) is 47.5 Å². The third-order valence-electron chi connectivity index (χ3n) is 8.28. The molecule has 2 heterocycles. The van der Waals surface area contributed by atoms with Crippen LogP contribution in [0.2, 0.25) is 0 Å². The Labute approximate surface area is 224 Å². The molecule has 2 aliphatic carbocycles. The van der Waals surface area contributed by atoms with Crippen LogP contribution >= 0.6 is 11.8 Å². The number of nitrogens with one attached hydrogen (secondary N) is 2. The molecule has 4 unspecified atom stereocenters. The van der Waals surface area contributed by atoms with Gasteiger partial charge in [-0.25, -0.2) is 0 Å². The molecule has 1 aromatic carbocycles. The van der Waals surface area contributed by atoms with Crippen molar-refractivity contribution in [3.63, 3.8) is 0 Å². The molecule has 200 valence electrons. The van der Waals surface area contributed by atoms with Crippen LogP contribution in [0.1, 0.15) is 75.6 Å². The van der Waals surface area contributed by atoms with Crippen LogP contribution in [0.3, 0.4) is 0 Å². The molecule has 2 amide bonds. The van der Waals surface area contributed by atoms with Crippen molar-refractivity contribution in [3.8, 4) is 0 Å². The molecule has 3 fully saturated rings. The molecule has 8 nitrogen and oxygen atoms in total. The highest BCUT2D eigenvalue weighted by molar-refractivity contribution is 8.14. The van der Waals surface area contributed by atoms with Crippen molar-refractivity contribution < 1.29 is 14.4 Å². The van der Waals surface area contributed by atoms with Crippen molar-refractivity contribution in [2.45, 2.75) is 83.6 Å². The Hall–Kier alpha value is -2.55. The maximum absolute atomic E-state index is 13.7. The fraction of sp³-hybridized carbons (Fsp3) is 0.643. The second-order valence-corrected chi connectivity index (χ2v) is 12.2. The lowest BCUT2D eigenvalue weighted by Gasteiger charge is -2.51. The van der Waals surface area contributed by atoms with Gasteiger partial charge in [0, 0.05) is 30.1 Å². The van der Waals surface area contributed by atoms with Crippen LogP contribution in [0.5, 0.6) is 0 Å². The number of hydrogen-bond donors (Lipinski definition) is 2. The molecule has 0 spiro atoms. The average molecular weight is 526 g/mol. The normalized spacial score (nSPS) is 27.5. The van der Waals surface area contributed by atoms with E-state index in [1.165, 1.54) is 24.6 Å². The Morgan fingerprint density at radius 2 is 1.89 bits per heavy atom. The van der Waals surface area contributed by atoms with Crippen molar-refractivity contribution >= 4 is 34.5 Å². The first kappa shape index (κ1) is 26.1. The molecule has 0 aromatic heterocycles. The van der Waals surface area contributed by atoms with Crippen molar-refractivity contribution in [1.82, 2.24) is 20.5 Å². The van der Waals surface area contributed by atoms with E-state index in [0.29, 0.717) is 36.9 Å². The van der Waals surface area contributed by atoms with Crippen LogP contribution in [-0.4, -0.2) is 63.2 Å². The summed E-state index contributed by atoms with van der Waals surface area (Å²) in [5, 5.41) is 8.63. The molecule has 2 saturated carbocycles. The number of carbonyl (C=O) groups excluding carboxylic acids is 3. The molecule has 1 saturated heterocycles. The fourth-order valence-corrected chi connectivity index (χ4v) is 7.09. The molecule has 0 radical (unpaired) electrons. The molecule has 2 N–H and O–H groups in total. The number of hydrazone groups is 1. The minimum absolute atomic E-state index is 0.0514. The van der Waals surface area contributed by atoms with Gasteiger partial charge in [-0.15, -0.1) is 0 Å². The van der Waals surface area contributed by atoms with Gasteiger partial charge in [-0.05, 0) is 44.4 Å². The summed E-state index contributed by atoms with van der Waals surface area (Å²) in [5.74, 6) is 0.843. The molecule has 0 bridgehead atoms. The predicted molar refractivity (Wildman–Crippen MR) is 146 cm³/mol. The van der Waals surface area contributed by atoms with Gasteiger partial charge in [0.25, 0.3) is 0 Å². The zero-order chi connectivity index (χ0) is 25.9. The number of nitrogens with zero attached hydrogens (tertiary/aromatic N) is 3. The Bertz CT molecular complexity index is 1030. The van der Waals surface area contributed by atoms with Gasteiger partial charge in [0.05, 0.1) is 11.7 Å². The lowest BCUT2D eigenvalue weighted by molar-refractivity contribution is -0.158. The summed E-state index contributed by atoms with van der Waals surface area (Å²) in [6.45, 7) is 4.99. The summed E-state index contributed by atoms with van der Waals surface area (Å²) >= 11 is 1.42. The number of amidine groups is 1. The number of benzene rings is 1. The standard InChI is InChI=1S/C28H39N5O3S/c1-18(2)14-15-32-26(36)22-13-12-20(25(35)29-21-10-6-7-11-21)16-23(22)33-27(32)30-31-28(33)37-17-24(34)19-8-4-3-5-9-19/h3-5,8-9,18,20-23,27,30H,6-7,10-17H2,1-2H3,(H,29,35). The van der Waals surface area contributed by atoms with Crippen LogP contribution in [0, 0.1) is 17.8 Å². The zero-order valence-corrected chi connectivity index (χ0v) is 22.7. The first-order valence-electron chi connectivity index (χ1n) is 13.9. The summed E-state index contributed by atoms with van der Waals surface area (Å²) in [7, 11) is 0. The summed E-state index contributed by atoms with van der Waals surface area (Å²) in [6.07, 6.45) is 7.12. The highest BCUT2D eigenvalue weighted by atomic mass is 32.2. The number of Topliss-reactive ketones (excluding diaryl/α,β-unsaturated/α-hetero) is 1. The van der Waals surface area contributed by atoms with Gasteiger partial charge in [-0.2, -0.15) is 5.10 Å². The van der Waals surface area contributed by atoms with Gasteiger partial charge in [0.1, 0.15) is 0 Å². The van der Waals surface area contributed by atoms with E-state index >= 15 is 0 Å². The third-order valence-corrected chi connectivity index (χ3v) is 9.24. The van der Waals surface area contributed by atoms with E-state index in [2.05, 4.69) is 34.6 Å². The van der Waals surface area contributed by atoms with E-state index < -0.39 is 0 Å². The molecule has 9 heteroatoms. The fourth-order valence-electron chi connectivity index (χ4n) is 6.16. The van der Waals surface area contributed by atoms with Gasteiger partial charge < -0.3 is 15.1 Å². The van der Waals surface area contributed by atoms with E-state index in [4.69, 9.17) is 0 Å². The zero-order valence-electron chi connectivity index (χ0n) is 21.9. The summed E-state index contributed by atoms with van der Waals surface area (Å²) in [5.41, 5.74) is 3.88. The Kier molecular flexibility index (Phi) is 8.07. The molecule has 1 aromatic rings. The van der Waals surface area contributed by atoms with Crippen molar-refractivity contribution in [3.05, 3.63) is 35.9 Å². The number of ketones is 1. The molecule has 5 rings (SSSR count). The largest absolute Gasteiger partial charge is 0.353 e. The van der Waals surface area contributed by atoms with Gasteiger partial charge in [-0.1, -0.05) is 68.8 Å². The van der Waals surface area contributed by atoms with Crippen molar-refractivity contribution in [2.24, 2.45) is 22.9 Å². The maximum atomic E-state index is 13.7. The van der Waals surface area contributed by atoms with Crippen molar-refractivity contribution in [2.75, 3.05) is 12.3 Å². The van der Waals surface area contributed by atoms with E-state index in [1.54, 1.807) is 0 Å². The number of amides is 2. The third kappa shape index (κ3) is 5.66. The quantitative estimate of drug-likeness (QED) is 0.502. The number of thioether (sulfide) groups is 1. The van der Waals surface area contributed by atoms with Crippen LogP contribution in [0.4, 0.5) is 0 Å². The highest BCUT2D eigenvalue weighted by Gasteiger charge is 2.53. The topological polar surface area (TPSA) is 94.1 Å². The summed E-state index contributed by atoms with van der Waals surface area (Å²) < 4.78 is 0. The molecule has 37 heavy (non-hydrogen) atoms. The van der Waals surface area contributed by atoms with E-state index in [9.17, 15) is 14.4 Å². The first-order chi connectivity index (χ1) is 17.9. The lowest BCUT2D eigenvalue weighted by atomic mass is 9.75. The minimum Gasteiger partial charge on any atom is -0.353 e. The van der Waals surface area contributed by atoms with Crippen LogP contribution in [-0.2, 0) is 9.59 Å². The van der Waals surface area contributed by atoms with Gasteiger partial charge >= 0.3 is 0 Å². The predicted octanol–water partition coefficient (Wildman–Crippen LogP) is 3.79. The Morgan fingerprint density at radius 1 is 1.14 bits per heavy atom. The van der Waals surface area contributed by atoms with Gasteiger partial charge in [-0.3, -0.25) is 19.8 Å². The number of fused-ring (bicyclic) bond motifs is 3. The number of rotatable bonds is 8. The van der Waals surface area contributed by atoms with Crippen molar-refractivity contribution in [1.29, 1.82) is 0 Å². The second-order valence-electron chi connectivity index (χ2n) is 11.3. The van der Waals surface area contributed by atoms with Crippen LogP contribution in [0.15, 0.2) is 35.4 Å². The van der Waals surface area contributed by atoms with E-state index in [1.807, 2.05) is 35.2 Å². The second kappa shape index (κ2) is 11.5. The monoisotopic (exact) mass is 525 g/mol. The molecular formula is C28H39N5O3S. The molecule has 4 atom stereocenters. The molecular weight excluding hydrogens is 486 g/mol. The van der Waals surface area contributed by atoms with Crippen LogP contribution < -0.4 is 10.7 Å². The highest BCUT2D eigenvalue weighted by Crippen LogP contribution is 2.41. The van der Waals surface area contributed by atoms with Gasteiger partial charge in [0.15, 0.2) is 17.2 Å². The average Bonchev–Trinajstić information content (AvgIpc) is 3.57. The molecule has 2 aliphatic heterocycles. The first-order valence-corrected chi connectivity index (χ1v) is 14.8. The maximum Gasteiger partial charge on any atom is 0.230 e. The smallest absolute Gasteiger partial charge is 0.230 e. The van der Waals surface area contributed by atoms with E-state index in [0.717, 1.165) is 30.9 Å². The molecule has 4 aliphatic rings. The summed E-state index contributed by atoms with van der Waals surface area (Å²) in [6, 6.07) is 9.50. The van der Waals surface area contributed by atoms with Crippen LogP contribution in [0.25, 0.3) is 0 Å². The Morgan fingerprint density at radius 3 is 2.62 bits per heavy atom. The summed E-state index contributed by atoms with van der Waals surface area (Å²) in [4.78, 5) is 43.8. The SMILES string of the molecule is CC(C)CCN1C(=O)C2CCC(C(=O)NC3CCCC3)CC2N2C(SCC(=O)c3ccccc3)=NNC12. The Balaban J connectivity index is 1.32. The minimum atomic E-state index is -0.363. The number of hydrogen-bond acceptors (Lipinski definition) is 7.